The van der Waals surface area contributed by atoms with E-state index < -0.39 is 5.54 Å². The minimum absolute atomic E-state index is 0.112. The van der Waals surface area contributed by atoms with Crippen molar-refractivity contribution < 1.29 is 4.79 Å². The van der Waals surface area contributed by atoms with Gasteiger partial charge in [-0.15, -0.1) is 0 Å². The predicted octanol–water partition coefficient (Wildman–Crippen LogP) is 1.95. The van der Waals surface area contributed by atoms with Gasteiger partial charge in [0.15, 0.2) is 0 Å². The minimum atomic E-state index is -0.546. The van der Waals surface area contributed by atoms with Crippen molar-refractivity contribution in [3.05, 3.63) is 0 Å². The second kappa shape index (κ2) is 3.98. The zero-order chi connectivity index (χ0) is 11.9. The van der Waals surface area contributed by atoms with Gasteiger partial charge in [0, 0.05) is 6.54 Å². The first-order valence-corrected chi connectivity index (χ1v) is 7.22. The van der Waals surface area contributed by atoms with Crippen molar-refractivity contribution in [1.82, 2.24) is 5.32 Å². The fraction of sp³-hybridized carbons (Fsp3) is 0.929. The molecule has 0 radical (unpaired) electrons. The van der Waals surface area contributed by atoms with Crippen LogP contribution in [-0.2, 0) is 4.79 Å². The Morgan fingerprint density at radius 3 is 2.59 bits per heavy atom. The lowest BCUT2D eigenvalue weighted by Gasteiger charge is -2.26. The highest BCUT2D eigenvalue weighted by Crippen LogP contribution is 2.60. The molecule has 2 unspecified atom stereocenters. The van der Waals surface area contributed by atoms with E-state index in [4.69, 9.17) is 5.73 Å². The van der Waals surface area contributed by atoms with Gasteiger partial charge in [-0.25, -0.2) is 0 Å². The molecule has 3 nitrogen and oxygen atoms in total. The highest BCUT2D eigenvalue weighted by Gasteiger charge is 2.54. The van der Waals surface area contributed by atoms with Crippen LogP contribution in [0.5, 0.6) is 0 Å². The third-order valence-electron chi connectivity index (χ3n) is 5.39. The Kier molecular flexibility index (Phi) is 2.69. The number of hydrogen-bond donors (Lipinski definition) is 2. The van der Waals surface area contributed by atoms with E-state index >= 15 is 0 Å². The first-order chi connectivity index (χ1) is 8.15. The molecule has 0 aromatic carbocycles. The molecule has 3 fully saturated rings. The molecule has 0 bridgehead atoms. The summed E-state index contributed by atoms with van der Waals surface area (Å²) in [5.74, 6) is 1.01. The van der Waals surface area contributed by atoms with E-state index in [-0.39, 0.29) is 5.91 Å². The summed E-state index contributed by atoms with van der Waals surface area (Å²) in [5.41, 5.74) is 6.09. The summed E-state index contributed by atoms with van der Waals surface area (Å²) in [7, 11) is 0. The minimum Gasteiger partial charge on any atom is -0.354 e. The largest absolute Gasteiger partial charge is 0.354 e. The van der Waals surface area contributed by atoms with E-state index in [1.165, 1.54) is 32.1 Å². The van der Waals surface area contributed by atoms with Crippen LogP contribution in [0.15, 0.2) is 0 Å². The van der Waals surface area contributed by atoms with E-state index in [2.05, 4.69) is 5.32 Å². The third kappa shape index (κ3) is 1.99. The number of rotatable bonds is 3. The molecule has 17 heavy (non-hydrogen) atoms. The molecule has 3 aliphatic rings. The molecule has 0 spiro atoms. The van der Waals surface area contributed by atoms with Crippen LogP contribution in [0.3, 0.4) is 0 Å². The van der Waals surface area contributed by atoms with Crippen molar-refractivity contribution in [3.63, 3.8) is 0 Å². The summed E-state index contributed by atoms with van der Waals surface area (Å²) < 4.78 is 0. The van der Waals surface area contributed by atoms with Crippen molar-refractivity contribution >= 4 is 5.91 Å². The molecule has 0 aromatic heterocycles. The van der Waals surface area contributed by atoms with E-state index in [1.54, 1.807) is 0 Å². The van der Waals surface area contributed by atoms with Crippen molar-refractivity contribution in [3.8, 4) is 0 Å². The SMILES string of the molecule is NC1(C(=O)NCC23CCCCC2C3)CCCC1. The number of carbonyl (C=O) groups excluding carboxylic acids is 1. The van der Waals surface area contributed by atoms with Crippen LogP contribution in [-0.4, -0.2) is 18.0 Å². The second-order valence-electron chi connectivity index (χ2n) is 6.56. The maximum absolute atomic E-state index is 12.1. The molecule has 0 saturated heterocycles. The summed E-state index contributed by atoms with van der Waals surface area (Å²) in [6.07, 6.45) is 10.7. The molecule has 1 amide bonds. The number of fused-ring (bicyclic) bond motifs is 1. The molecule has 3 N–H and O–H groups in total. The van der Waals surface area contributed by atoms with Crippen molar-refractivity contribution in [1.29, 1.82) is 0 Å². The maximum atomic E-state index is 12.1. The molecular formula is C14H24N2O. The van der Waals surface area contributed by atoms with Gasteiger partial charge < -0.3 is 11.1 Å². The van der Waals surface area contributed by atoms with Gasteiger partial charge >= 0.3 is 0 Å². The van der Waals surface area contributed by atoms with Crippen LogP contribution in [0.2, 0.25) is 0 Å². The molecule has 3 rings (SSSR count). The Hall–Kier alpha value is -0.570. The average Bonchev–Trinajstić information content (AvgIpc) is 2.91. The van der Waals surface area contributed by atoms with Crippen LogP contribution in [0, 0.1) is 11.3 Å². The van der Waals surface area contributed by atoms with Crippen molar-refractivity contribution in [2.75, 3.05) is 6.54 Å². The van der Waals surface area contributed by atoms with Crippen LogP contribution in [0.1, 0.15) is 57.8 Å². The Labute approximate surface area is 104 Å². The van der Waals surface area contributed by atoms with Gasteiger partial charge in [0.1, 0.15) is 0 Å². The smallest absolute Gasteiger partial charge is 0.240 e. The second-order valence-corrected chi connectivity index (χ2v) is 6.56. The molecule has 3 heteroatoms. The van der Waals surface area contributed by atoms with Gasteiger partial charge in [-0.1, -0.05) is 25.7 Å². The van der Waals surface area contributed by atoms with Gasteiger partial charge in [-0.3, -0.25) is 4.79 Å². The fourth-order valence-electron chi connectivity index (χ4n) is 3.98. The summed E-state index contributed by atoms with van der Waals surface area (Å²) in [4.78, 5) is 12.1. The molecule has 3 saturated carbocycles. The van der Waals surface area contributed by atoms with Gasteiger partial charge in [0.2, 0.25) is 5.91 Å². The molecule has 0 aromatic rings. The average molecular weight is 236 g/mol. The zero-order valence-corrected chi connectivity index (χ0v) is 10.6. The van der Waals surface area contributed by atoms with Gasteiger partial charge in [0.25, 0.3) is 0 Å². The first-order valence-electron chi connectivity index (χ1n) is 7.22. The van der Waals surface area contributed by atoms with E-state index in [9.17, 15) is 4.79 Å². The van der Waals surface area contributed by atoms with Crippen molar-refractivity contribution in [2.24, 2.45) is 17.1 Å². The van der Waals surface area contributed by atoms with Gasteiger partial charge in [-0.05, 0) is 43.4 Å². The zero-order valence-electron chi connectivity index (χ0n) is 10.6. The van der Waals surface area contributed by atoms with Crippen LogP contribution < -0.4 is 11.1 Å². The normalized spacial score (nSPS) is 38.5. The van der Waals surface area contributed by atoms with E-state index in [0.717, 1.165) is 38.1 Å². The summed E-state index contributed by atoms with van der Waals surface area (Å²) in [6, 6.07) is 0. The number of hydrogen-bond acceptors (Lipinski definition) is 2. The standard InChI is InChI=1S/C14H24N2O/c15-14(7-3-4-8-14)12(17)16-10-13-6-2-1-5-11(13)9-13/h11H,1-10,15H2,(H,16,17). The van der Waals surface area contributed by atoms with Crippen LogP contribution >= 0.6 is 0 Å². The highest BCUT2D eigenvalue weighted by atomic mass is 16.2. The quantitative estimate of drug-likeness (QED) is 0.787. The first kappa shape index (κ1) is 11.5. The number of amides is 1. The topological polar surface area (TPSA) is 55.1 Å². The predicted molar refractivity (Wildman–Crippen MR) is 67.4 cm³/mol. The lowest BCUT2D eigenvalue weighted by molar-refractivity contribution is -0.126. The lowest BCUT2D eigenvalue weighted by atomic mass is 9.88. The molecule has 0 heterocycles. The fourth-order valence-corrected chi connectivity index (χ4v) is 3.98. The molecule has 96 valence electrons. The van der Waals surface area contributed by atoms with E-state index in [0.29, 0.717) is 5.41 Å². The van der Waals surface area contributed by atoms with Crippen LogP contribution in [0.25, 0.3) is 0 Å². The van der Waals surface area contributed by atoms with Crippen molar-refractivity contribution in [2.45, 2.75) is 63.3 Å². The van der Waals surface area contributed by atoms with Gasteiger partial charge in [0.05, 0.1) is 5.54 Å². The number of nitrogens with one attached hydrogen (secondary N) is 1. The number of nitrogens with two attached hydrogens (primary N) is 1. The molecule has 2 atom stereocenters. The van der Waals surface area contributed by atoms with Crippen LogP contribution in [0.4, 0.5) is 0 Å². The summed E-state index contributed by atoms with van der Waals surface area (Å²) >= 11 is 0. The summed E-state index contributed by atoms with van der Waals surface area (Å²) in [5, 5.41) is 3.15. The Bertz CT molecular complexity index is 322. The van der Waals surface area contributed by atoms with E-state index in [1.807, 2.05) is 0 Å². The summed E-state index contributed by atoms with van der Waals surface area (Å²) in [6.45, 7) is 0.884. The third-order valence-corrected chi connectivity index (χ3v) is 5.39. The molecule has 3 aliphatic carbocycles. The van der Waals surface area contributed by atoms with Gasteiger partial charge in [-0.2, -0.15) is 0 Å². The molecular weight excluding hydrogens is 212 g/mol. The Morgan fingerprint density at radius 2 is 1.88 bits per heavy atom. The number of carbonyl (C=O) groups is 1. The molecule has 0 aliphatic heterocycles. The maximum Gasteiger partial charge on any atom is 0.240 e. The highest BCUT2D eigenvalue weighted by molar-refractivity contribution is 5.86. The Morgan fingerprint density at radius 1 is 1.18 bits per heavy atom. The Balaban J connectivity index is 1.53. The monoisotopic (exact) mass is 236 g/mol. The lowest BCUT2D eigenvalue weighted by Crippen LogP contribution is -2.53.